The topological polar surface area (TPSA) is 23.6 Å². The molecule has 0 saturated carbocycles. The van der Waals surface area contributed by atoms with Crippen LogP contribution < -0.4 is 0 Å². The number of likely N-dealkylation sites (N-methyl/N-ethyl adjacent to an activating group) is 2. The summed E-state index contributed by atoms with van der Waals surface area (Å²) in [5, 5.41) is 0. The summed E-state index contributed by atoms with van der Waals surface area (Å²) in [6.07, 6.45) is 0.615. The summed E-state index contributed by atoms with van der Waals surface area (Å²) < 4.78 is 0. The van der Waals surface area contributed by atoms with Gasteiger partial charge >= 0.3 is 0 Å². The number of hydrogen-bond acceptors (Lipinski definition) is 3. The standard InChI is InChI=1S/C15H22N2O/c1-12-5-4-6-13(9-12)15(18)10-14-11-16(2)7-8-17(14)3/h4-6,9,14H,7-8,10-11H2,1-3H3. The van der Waals surface area contributed by atoms with E-state index in [1.807, 2.05) is 31.2 Å². The summed E-state index contributed by atoms with van der Waals surface area (Å²) in [5.41, 5.74) is 1.99. The smallest absolute Gasteiger partial charge is 0.164 e. The number of aryl methyl sites for hydroxylation is 1. The second-order valence-electron chi connectivity index (χ2n) is 5.39. The molecule has 0 bridgehead atoms. The predicted octanol–water partition coefficient (Wildman–Crippen LogP) is 1.81. The van der Waals surface area contributed by atoms with Gasteiger partial charge in [-0.2, -0.15) is 0 Å². The van der Waals surface area contributed by atoms with Gasteiger partial charge in [0.1, 0.15) is 0 Å². The van der Waals surface area contributed by atoms with Crippen LogP contribution in [0.4, 0.5) is 0 Å². The van der Waals surface area contributed by atoms with Gasteiger partial charge in [-0.25, -0.2) is 0 Å². The first-order valence-electron chi connectivity index (χ1n) is 6.55. The van der Waals surface area contributed by atoms with Crippen molar-refractivity contribution >= 4 is 5.78 Å². The van der Waals surface area contributed by atoms with Crippen molar-refractivity contribution in [3.8, 4) is 0 Å². The van der Waals surface area contributed by atoms with Crippen molar-refractivity contribution in [2.45, 2.75) is 19.4 Å². The zero-order valence-corrected chi connectivity index (χ0v) is 11.5. The molecule has 3 heteroatoms. The molecule has 0 aliphatic carbocycles. The van der Waals surface area contributed by atoms with Gasteiger partial charge in [0.15, 0.2) is 5.78 Å². The molecule has 18 heavy (non-hydrogen) atoms. The molecule has 1 aliphatic rings. The summed E-state index contributed by atoms with van der Waals surface area (Å²) in [7, 11) is 4.23. The highest BCUT2D eigenvalue weighted by Crippen LogP contribution is 2.14. The van der Waals surface area contributed by atoms with E-state index in [1.54, 1.807) is 0 Å². The molecule has 1 aliphatic heterocycles. The van der Waals surface area contributed by atoms with E-state index in [0.717, 1.165) is 30.8 Å². The van der Waals surface area contributed by atoms with Crippen LogP contribution in [0.25, 0.3) is 0 Å². The Hall–Kier alpha value is -1.19. The molecular formula is C15H22N2O. The minimum atomic E-state index is 0.255. The number of carbonyl (C=O) groups excluding carboxylic acids is 1. The Balaban J connectivity index is 2.02. The second-order valence-corrected chi connectivity index (χ2v) is 5.39. The van der Waals surface area contributed by atoms with Crippen molar-refractivity contribution in [3.05, 3.63) is 35.4 Å². The van der Waals surface area contributed by atoms with Crippen molar-refractivity contribution in [2.75, 3.05) is 33.7 Å². The molecule has 0 aromatic heterocycles. The van der Waals surface area contributed by atoms with Crippen molar-refractivity contribution in [3.63, 3.8) is 0 Å². The highest BCUT2D eigenvalue weighted by molar-refractivity contribution is 5.96. The van der Waals surface area contributed by atoms with E-state index in [4.69, 9.17) is 0 Å². The van der Waals surface area contributed by atoms with E-state index < -0.39 is 0 Å². The largest absolute Gasteiger partial charge is 0.304 e. The highest BCUT2D eigenvalue weighted by Gasteiger charge is 2.24. The van der Waals surface area contributed by atoms with Gasteiger partial charge in [-0.05, 0) is 27.1 Å². The first kappa shape index (κ1) is 13.2. The maximum absolute atomic E-state index is 12.3. The molecule has 1 atom stereocenters. The van der Waals surface area contributed by atoms with E-state index >= 15 is 0 Å². The number of benzene rings is 1. The van der Waals surface area contributed by atoms with Gasteiger partial charge in [0, 0.05) is 37.7 Å². The molecule has 0 spiro atoms. The van der Waals surface area contributed by atoms with E-state index in [-0.39, 0.29) is 5.78 Å². The zero-order chi connectivity index (χ0) is 13.1. The maximum Gasteiger partial charge on any atom is 0.164 e. The zero-order valence-electron chi connectivity index (χ0n) is 11.5. The quantitative estimate of drug-likeness (QED) is 0.760. The van der Waals surface area contributed by atoms with Crippen LogP contribution in [0.3, 0.4) is 0 Å². The van der Waals surface area contributed by atoms with Gasteiger partial charge in [-0.15, -0.1) is 0 Å². The Labute approximate surface area is 109 Å². The molecule has 2 rings (SSSR count). The van der Waals surface area contributed by atoms with Gasteiger partial charge in [-0.3, -0.25) is 4.79 Å². The average Bonchev–Trinajstić information content (AvgIpc) is 2.34. The molecule has 1 saturated heterocycles. The molecule has 1 aromatic rings. The summed E-state index contributed by atoms with van der Waals surface area (Å²) in [6.45, 7) is 5.14. The number of nitrogens with zero attached hydrogens (tertiary/aromatic N) is 2. The minimum Gasteiger partial charge on any atom is -0.304 e. The van der Waals surface area contributed by atoms with Crippen LogP contribution in [0.1, 0.15) is 22.3 Å². The van der Waals surface area contributed by atoms with E-state index in [9.17, 15) is 4.79 Å². The van der Waals surface area contributed by atoms with Crippen molar-refractivity contribution in [2.24, 2.45) is 0 Å². The third-order valence-electron chi connectivity index (χ3n) is 3.74. The number of Topliss-reactive ketones (excluding diaryl/α,β-unsaturated/α-hetero) is 1. The van der Waals surface area contributed by atoms with Gasteiger partial charge in [0.25, 0.3) is 0 Å². The van der Waals surface area contributed by atoms with E-state index in [0.29, 0.717) is 12.5 Å². The Kier molecular flexibility index (Phi) is 4.15. The van der Waals surface area contributed by atoms with Crippen molar-refractivity contribution < 1.29 is 4.79 Å². The van der Waals surface area contributed by atoms with Gasteiger partial charge in [0.05, 0.1) is 0 Å². The number of piperazine rings is 1. The van der Waals surface area contributed by atoms with E-state index in [2.05, 4.69) is 23.9 Å². The monoisotopic (exact) mass is 246 g/mol. The molecule has 0 amide bonds. The summed E-state index contributed by atoms with van der Waals surface area (Å²) in [6, 6.07) is 8.23. The maximum atomic E-state index is 12.3. The second kappa shape index (κ2) is 5.63. The molecular weight excluding hydrogens is 224 g/mol. The first-order chi connectivity index (χ1) is 8.56. The van der Waals surface area contributed by atoms with Crippen LogP contribution in [0.2, 0.25) is 0 Å². The Morgan fingerprint density at radius 3 is 2.83 bits per heavy atom. The van der Waals surface area contributed by atoms with Crippen LogP contribution in [-0.4, -0.2) is 55.4 Å². The summed E-state index contributed by atoms with van der Waals surface area (Å²) in [5.74, 6) is 0.255. The van der Waals surface area contributed by atoms with Crippen LogP contribution in [0.5, 0.6) is 0 Å². The Bertz CT molecular complexity index is 430. The third-order valence-corrected chi connectivity index (χ3v) is 3.74. The molecule has 1 aromatic carbocycles. The Morgan fingerprint density at radius 2 is 2.11 bits per heavy atom. The third kappa shape index (κ3) is 3.18. The molecule has 3 nitrogen and oxygen atoms in total. The molecule has 1 unspecified atom stereocenters. The molecule has 1 heterocycles. The SMILES string of the molecule is Cc1cccc(C(=O)CC2CN(C)CCN2C)c1. The van der Waals surface area contributed by atoms with Crippen LogP contribution in [-0.2, 0) is 0 Å². The van der Waals surface area contributed by atoms with Crippen LogP contribution >= 0.6 is 0 Å². The number of ketones is 1. The van der Waals surface area contributed by atoms with E-state index in [1.165, 1.54) is 0 Å². The fourth-order valence-corrected chi connectivity index (χ4v) is 2.47. The van der Waals surface area contributed by atoms with Crippen molar-refractivity contribution in [1.82, 2.24) is 9.80 Å². The Morgan fingerprint density at radius 1 is 1.33 bits per heavy atom. The minimum absolute atomic E-state index is 0.255. The number of hydrogen-bond donors (Lipinski definition) is 0. The lowest BCUT2D eigenvalue weighted by molar-refractivity contribution is 0.0810. The van der Waals surface area contributed by atoms with Crippen LogP contribution in [0, 0.1) is 6.92 Å². The normalized spacial score (nSPS) is 22.1. The predicted molar refractivity (Wildman–Crippen MR) is 74.0 cm³/mol. The molecule has 98 valence electrons. The fourth-order valence-electron chi connectivity index (χ4n) is 2.47. The molecule has 1 fully saturated rings. The number of rotatable bonds is 3. The lowest BCUT2D eigenvalue weighted by atomic mass is 10.00. The molecule has 0 N–H and O–H groups in total. The molecule has 0 radical (unpaired) electrons. The van der Waals surface area contributed by atoms with Gasteiger partial charge in [-0.1, -0.05) is 23.8 Å². The van der Waals surface area contributed by atoms with Gasteiger partial charge < -0.3 is 9.80 Å². The lowest BCUT2D eigenvalue weighted by Crippen LogP contribution is -2.50. The first-order valence-corrected chi connectivity index (χ1v) is 6.55. The van der Waals surface area contributed by atoms with Crippen LogP contribution in [0.15, 0.2) is 24.3 Å². The number of carbonyl (C=O) groups is 1. The highest BCUT2D eigenvalue weighted by atomic mass is 16.1. The van der Waals surface area contributed by atoms with Crippen molar-refractivity contribution in [1.29, 1.82) is 0 Å². The fraction of sp³-hybridized carbons (Fsp3) is 0.533. The lowest BCUT2D eigenvalue weighted by Gasteiger charge is -2.37. The average molecular weight is 246 g/mol. The summed E-state index contributed by atoms with van der Waals surface area (Å²) >= 11 is 0. The summed E-state index contributed by atoms with van der Waals surface area (Å²) in [4.78, 5) is 16.9. The van der Waals surface area contributed by atoms with Gasteiger partial charge in [0.2, 0.25) is 0 Å².